The zero-order valence-electron chi connectivity index (χ0n) is 10.4. The Kier molecular flexibility index (Phi) is 3.44. The highest BCUT2D eigenvalue weighted by Crippen LogP contribution is 2.13. The molecule has 1 N–H and O–H groups in total. The van der Waals surface area contributed by atoms with Crippen LogP contribution in [-0.4, -0.2) is 22.0 Å². The molecule has 2 heterocycles. The second-order valence-corrected chi connectivity index (χ2v) is 4.02. The molecule has 0 aliphatic heterocycles. The molecule has 0 aliphatic rings. The van der Waals surface area contributed by atoms with E-state index in [1.54, 1.807) is 0 Å². The monoisotopic (exact) mass is 228 g/mol. The Morgan fingerprint density at radius 3 is 2.59 bits per heavy atom. The van der Waals surface area contributed by atoms with Gasteiger partial charge in [-0.1, -0.05) is 6.07 Å². The molecular weight excluding hydrogens is 212 g/mol. The number of nitrogens with one attached hydrogen (secondary N) is 1. The summed E-state index contributed by atoms with van der Waals surface area (Å²) < 4.78 is 0. The topological polar surface area (TPSA) is 50.7 Å². The van der Waals surface area contributed by atoms with Crippen LogP contribution in [0.15, 0.2) is 24.3 Å². The van der Waals surface area contributed by atoms with Crippen molar-refractivity contribution in [1.29, 1.82) is 0 Å². The van der Waals surface area contributed by atoms with Gasteiger partial charge in [-0.05, 0) is 39.1 Å². The smallest absolute Gasteiger partial charge is 0.178 e. The molecule has 0 bridgehead atoms. The van der Waals surface area contributed by atoms with Crippen LogP contribution in [0.5, 0.6) is 0 Å². The van der Waals surface area contributed by atoms with E-state index in [0.29, 0.717) is 5.82 Å². The Hall–Kier alpha value is -1.81. The number of pyridine rings is 1. The highest BCUT2D eigenvalue weighted by Gasteiger charge is 2.05. The van der Waals surface area contributed by atoms with E-state index in [1.807, 2.05) is 45.2 Å². The van der Waals surface area contributed by atoms with E-state index in [-0.39, 0.29) is 0 Å². The summed E-state index contributed by atoms with van der Waals surface area (Å²) in [6.45, 7) is 4.68. The first-order chi connectivity index (χ1) is 8.19. The third-order valence-corrected chi connectivity index (χ3v) is 2.38. The lowest BCUT2D eigenvalue weighted by Gasteiger charge is -2.05. The number of aryl methyl sites for hydroxylation is 2. The van der Waals surface area contributed by atoms with Gasteiger partial charge >= 0.3 is 0 Å². The fourth-order valence-electron chi connectivity index (χ4n) is 1.69. The van der Waals surface area contributed by atoms with E-state index in [9.17, 15) is 0 Å². The number of rotatable bonds is 3. The molecule has 88 valence electrons. The summed E-state index contributed by atoms with van der Waals surface area (Å²) in [5, 5.41) is 3.09. The van der Waals surface area contributed by atoms with Crippen LogP contribution in [0.3, 0.4) is 0 Å². The van der Waals surface area contributed by atoms with E-state index in [1.165, 1.54) is 0 Å². The van der Waals surface area contributed by atoms with Crippen LogP contribution in [0.4, 0.5) is 0 Å². The van der Waals surface area contributed by atoms with Crippen molar-refractivity contribution in [2.75, 3.05) is 7.05 Å². The van der Waals surface area contributed by atoms with Crippen molar-refractivity contribution in [3.63, 3.8) is 0 Å². The molecule has 2 aromatic heterocycles. The van der Waals surface area contributed by atoms with Crippen LogP contribution < -0.4 is 5.32 Å². The van der Waals surface area contributed by atoms with Crippen LogP contribution in [0.1, 0.15) is 17.1 Å². The van der Waals surface area contributed by atoms with E-state index >= 15 is 0 Å². The molecule has 0 unspecified atom stereocenters. The average molecular weight is 228 g/mol. The maximum atomic E-state index is 4.50. The molecule has 17 heavy (non-hydrogen) atoms. The molecule has 0 atom stereocenters. The van der Waals surface area contributed by atoms with Gasteiger partial charge in [0.15, 0.2) is 5.82 Å². The van der Waals surface area contributed by atoms with Gasteiger partial charge in [0.1, 0.15) is 5.69 Å². The van der Waals surface area contributed by atoms with E-state index < -0.39 is 0 Å². The normalized spacial score (nSPS) is 10.5. The van der Waals surface area contributed by atoms with Crippen LogP contribution in [-0.2, 0) is 6.54 Å². The lowest BCUT2D eigenvalue weighted by molar-refractivity contribution is 0.784. The minimum Gasteiger partial charge on any atom is -0.314 e. The van der Waals surface area contributed by atoms with E-state index in [0.717, 1.165) is 29.3 Å². The van der Waals surface area contributed by atoms with Gasteiger partial charge in [-0.3, -0.25) is 0 Å². The third-order valence-electron chi connectivity index (χ3n) is 2.38. The lowest BCUT2D eigenvalue weighted by Crippen LogP contribution is -2.09. The van der Waals surface area contributed by atoms with Gasteiger partial charge in [0.25, 0.3) is 0 Å². The number of hydrogen-bond acceptors (Lipinski definition) is 4. The van der Waals surface area contributed by atoms with E-state index in [4.69, 9.17) is 0 Å². The third kappa shape index (κ3) is 2.85. The number of aromatic nitrogens is 3. The molecule has 2 aromatic rings. The number of nitrogens with zero attached hydrogens (tertiary/aromatic N) is 3. The summed E-state index contributed by atoms with van der Waals surface area (Å²) in [5.74, 6) is 0.693. The summed E-state index contributed by atoms with van der Waals surface area (Å²) in [6, 6.07) is 7.86. The van der Waals surface area contributed by atoms with Gasteiger partial charge in [-0.15, -0.1) is 0 Å². The Bertz CT molecular complexity index is 523. The zero-order valence-corrected chi connectivity index (χ0v) is 10.4. The molecule has 2 rings (SSSR count). The summed E-state index contributed by atoms with van der Waals surface area (Å²) in [7, 11) is 1.90. The standard InChI is InChI=1S/C13H16N4/c1-9-5-4-6-12(15-9)13-16-10(2)7-11(17-13)8-14-3/h4-7,14H,8H2,1-3H3. The lowest BCUT2D eigenvalue weighted by atomic mass is 10.2. The predicted octanol–water partition coefficient (Wildman–Crippen LogP) is 1.87. The van der Waals surface area contributed by atoms with Gasteiger partial charge in [0, 0.05) is 17.9 Å². The molecule has 0 aliphatic carbocycles. The van der Waals surface area contributed by atoms with E-state index in [2.05, 4.69) is 20.3 Å². The van der Waals surface area contributed by atoms with Crippen LogP contribution in [0.25, 0.3) is 11.5 Å². The molecule has 0 spiro atoms. The van der Waals surface area contributed by atoms with Gasteiger partial charge in [-0.25, -0.2) is 15.0 Å². The van der Waals surface area contributed by atoms with Crippen molar-refractivity contribution < 1.29 is 0 Å². The summed E-state index contributed by atoms with van der Waals surface area (Å²) >= 11 is 0. The summed E-state index contributed by atoms with van der Waals surface area (Å²) in [6.07, 6.45) is 0. The van der Waals surface area contributed by atoms with Crippen molar-refractivity contribution >= 4 is 0 Å². The largest absolute Gasteiger partial charge is 0.314 e. The molecule has 4 heteroatoms. The Morgan fingerprint density at radius 1 is 1.06 bits per heavy atom. The molecular formula is C13H16N4. The molecule has 0 saturated carbocycles. The Morgan fingerprint density at radius 2 is 1.88 bits per heavy atom. The highest BCUT2D eigenvalue weighted by molar-refractivity contribution is 5.49. The Balaban J connectivity index is 2.44. The van der Waals surface area contributed by atoms with Crippen molar-refractivity contribution in [3.05, 3.63) is 41.3 Å². The summed E-state index contributed by atoms with van der Waals surface area (Å²) in [5.41, 5.74) is 3.75. The van der Waals surface area contributed by atoms with Crippen molar-refractivity contribution in [2.24, 2.45) is 0 Å². The predicted molar refractivity (Wildman–Crippen MR) is 67.5 cm³/mol. The Labute approximate surface area is 101 Å². The van der Waals surface area contributed by atoms with Gasteiger partial charge in [-0.2, -0.15) is 0 Å². The summed E-state index contributed by atoms with van der Waals surface area (Å²) in [4.78, 5) is 13.4. The first-order valence-corrected chi connectivity index (χ1v) is 5.62. The van der Waals surface area contributed by atoms with Crippen LogP contribution >= 0.6 is 0 Å². The minimum atomic E-state index is 0.693. The second-order valence-electron chi connectivity index (χ2n) is 4.02. The fraction of sp³-hybridized carbons (Fsp3) is 0.308. The van der Waals surface area contributed by atoms with Crippen molar-refractivity contribution in [2.45, 2.75) is 20.4 Å². The molecule has 0 fully saturated rings. The van der Waals surface area contributed by atoms with Gasteiger partial charge < -0.3 is 5.32 Å². The first kappa shape index (κ1) is 11.7. The van der Waals surface area contributed by atoms with Crippen LogP contribution in [0, 0.1) is 13.8 Å². The van der Waals surface area contributed by atoms with Crippen LogP contribution in [0.2, 0.25) is 0 Å². The fourth-order valence-corrected chi connectivity index (χ4v) is 1.69. The molecule has 0 radical (unpaired) electrons. The quantitative estimate of drug-likeness (QED) is 0.871. The second kappa shape index (κ2) is 5.01. The molecule has 0 aromatic carbocycles. The molecule has 0 amide bonds. The zero-order chi connectivity index (χ0) is 12.3. The molecule has 4 nitrogen and oxygen atoms in total. The maximum absolute atomic E-state index is 4.50. The molecule has 0 saturated heterocycles. The van der Waals surface area contributed by atoms with Crippen molar-refractivity contribution in [1.82, 2.24) is 20.3 Å². The SMILES string of the molecule is CNCc1cc(C)nc(-c2cccc(C)n2)n1. The highest BCUT2D eigenvalue weighted by atomic mass is 14.9. The van der Waals surface area contributed by atoms with Gasteiger partial charge in [0.05, 0.1) is 5.69 Å². The average Bonchev–Trinajstić information content (AvgIpc) is 2.28. The maximum Gasteiger partial charge on any atom is 0.178 e. The van der Waals surface area contributed by atoms with Crippen molar-refractivity contribution in [3.8, 4) is 11.5 Å². The first-order valence-electron chi connectivity index (χ1n) is 5.62. The number of hydrogen-bond donors (Lipinski definition) is 1. The minimum absolute atomic E-state index is 0.693. The van der Waals surface area contributed by atoms with Gasteiger partial charge in [0.2, 0.25) is 0 Å².